The number of aromatic amines is 1. The Morgan fingerprint density at radius 3 is 3.00 bits per heavy atom. The Bertz CT molecular complexity index is 441. The summed E-state index contributed by atoms with van der Waals surface area (Å²) in [5.41, 5.74) is 0.0811. The zero-order valence-corrected chi connectivity index (χ0v) is 9.10. The van der Waals surface area contributed by atoms with Gasteiger partial charge in [0.25, 0.3) is 5.91 Å². The molecule has 1 saturated heterocycles. The predicted molar refractivity (Wildman–Crippen MR) is 58.4 cm³/mol. The van der Waals surface area contributed by atoms with E-state index in [4.69, 9.17) is 4.74 Å². The molecule has 1 aliphatic heterocycles. The Labute approximate surface area is 93.0 Å². The highest BCUT2D eigenvalue weighted by Gasteiger charge is 2.26. The number of carbonyl (C=O) groups is 1. The lowest BCUT2D eigenvalue weighted by molar-refractivity contribution is 0.0718. The van der Waals surface area contributed by atoms with Crippen LogP contribution in [0.15, 0.2) is 23.0 Å². The number of aromatic nitrogens is 1. The maximum atomic E-state index is 12.0. The molecule has 1 aromatic heterocycles. The van der Waals surface area contributed by atoms with E-state index in [9.17, 15) is 9.59 Å². The molecule has 86 valence electrons. The number of carbonyl (C=O) groups excluding carboxylic acids is 1. The minimum Gasteiger partial charge on any atom is -0.380 e. The average Bonchev–Trinajstić information content (AvgIpc) is 2.76. The normalized spacial score (nSPS) is 20.1. The average molecular weight is 222 g/mol. The van der Waals surface area contributed by atoms with Gasteiger partial charge in [0.15, 0.2) is 0 Å². The molecule has 1 aliphatic rings. The third kappa shape index (κ3) is 2.14. The van der Waals surface area contributed by atoms with Gasteiger partial charge in [-0.2, -0.15) is 0 Å². The monoisotopic (exact) mass is 222 g/mol. The topological polar surface area (TPSA) is 62.4 Å². The van der Waals surface area contributed by atoms with Crippen molar-refractivity contribution in [2.75, 3.05) is 20.2 Å². The van der Waals surface area contributed by atoms with Crippen molar-refractivity contribution in [3.63, 3.8) is 0 Å². The first-order valence-corrected chi connectivity index (χ1v) is 5.22. The van der Waals surface area contributed by atoms with Crippen LogP contribution < -0.4 is 5.56 Å². The molecule has 5 heteroatoms. The molecule has 2 heterocycles. The number of nitrogens with one attached hydrogen (secondary N) is 1. The van der Waals surface area contributed by atoms with E-state index < -0.39 is 0 Å². The van der Waals surface area contributed by atoms with Gasteiger partial charge in [0.05, 0.1) is 6.10 Å². The van der Waals surface area contributed by atoms with E-state index in [1.54, 1.807) is 24.1 Å². The molecule has 5 nitrogen and oxygen atoms in total. The maximum absolute atomic E-state index is 12.0. The predicted octanol–water partition coefficient (Wildman–Crippen LogP) is 0.236. The third-order valence-electron chi connectivity index (χ3n) is 2.76. The van der Waals surface area contributed by atoms with E-state index in [0.717, 1.165) is 6.42 Å². The molecule has 1 amide bonds. The molecule has 0 aliphatic carbocycles. The minimum absolute atomic E-state index is 0.111. The van der Waals surface area contributed by atoms with Gasteiger partial charge in [0, 0.05) is 26.3 Å². The fourth-order valence-corrected chi connectivity index (χ4v) is 1.85. The van der Waals surface area contributed by atoms with Crippen LogP contribution in [0.3, 0.4) is 0 Å². The lowest BCUT2D eigenvalue weighted by Gasteiger charge is -2.15. The number of ether oxygens (including phenoxy) is 1. The van der Waals surface area contributed by atoms with Crippen LogP contribution in [-0.2, 0) is 4.74 Å². The van der Waals surface area contributed by atoms with Gasteiger partial charge in [0.2, 0.25) is 5.56 Å². The van der Waals surface area contributed by atoms with E-state index in [1.165, 1.54) is 6.07 Å². The Kier molecular flexibility index (Phi) is 3.05. The number of likely N-dealkylation sites (tertiary alicyclic amines) is 1. The number of nitrogens with zero attached hydrogens (tertiary/aromatic N) is 1. The van der Waals surface area contributed by atoms with Crippen molar-refractivity contribution in [1.82, 2.24) is 9.88 Å². The largest absolute Gasteiger partial charge is 0.380 e. The van der Waals surface area contributed by atoms with Crippen LogP contribution in [0.2, 0.25) is 0 Å². The lowest BCUT2D eigenvalue weighted by atomic mass is 10.3. The summed E-state index contributed by atoms with van der Waals surface area (Å²) >= 11 is 0. The van der Waals surface area contributed by atoms with Crippen molar-refractivity contribution < 1.29 is 9.53 Å². The Morgan fingerprint density at radius 1 is 1.56 bits per heavy atom. The van der Waals surface area contributed by atoms with Crippen LogP contribution in [0.25, 0.3) is 0 Å². The number of rotatable bonds is 2. The zero-order valence-electron chi connectivity index (χ0n) is 9.10. The van der Waals surface area contributed by atoms with Crippen LogP contribution in [-0.4, -0.2) is 42.1 Å². The smallest absolute Gasteiger partial charge is 0.270 e. The van der Waals surface area contributed by atoms with Gasteiger partial charge in [-0.25, -0.2) is 0 Å². The molecule has 0 spiro atoms. The van der Waals surface area contributed by atoms with E-state index in [0.29, 0.717) is 18.8 Å². The van der Waals surface area contributed by atoms with E-state index in [1.807, 2.05) is 0 Å². The number of methoxy groups -OCH3 is 1. The second kappa shape index (κ2) is 4.49. The minimum atomic E-state index is -0.256. The maximum Gasteiger partial charge on any atom is 0.270 e. The first-order valence-electron chi connectivity index (χ1n) is 5.22. The quantitative estimate of drug-likeness (QED) is 0.779. The Hall–Kier alpha value is -1.62. The molecule has 16 heavy (non-hydrogen) atoms. The number of pyridine rings is 1. The number of amides is 1. The zero-order chi connectivity index (χ0) is 11.5. The van der Waals surface area contributed by atoms with E-state index in [-0.39, 0.29) is 17.6 Å². The van der Waals surface area contributed by atoms with Gasteiger partial charge in [0.1, 0.15) is 5.69 Å². The lowest BCUT2D eigenvalue weighted by Crippen LogP contribution is -2.31. The molecule has 1 fully saturated rings. The number of H-pyrrole nitrogens is 1. The number of hydrogen-bond donors (Lipinski definition) is 1. The molecular weight excluding hydrogens is 208 g/mol. The Morgan fingerprint density at radius 2 is 2.38 bits per heavy atom. The first-order chi connectivity index (χ1) is 7.70. The van der Waals surface area contributed by atoms with Crippen LogP contribution in [0.5, 0.6) is 0 Å². The summed E-state index contributed by atoms with van der Waals surface area (Å²) in [6.07, 6.45) is 0.957. The van der Waals surface area contributed by atoms with Gasteiger partial charge in [-0.3, -0.25) is 9.59 Å². The summed E-state index contributed by atoms with van der Waals surface area (Å²) < 4.78 is 5.19. The summed E-state index contributed by atoms with van der Waals surface area (Å²) in [5.74, 6) is -0.141. The second-order valence-corrected chi connectivity index (χ2v) is 3.83. The summed E-state index contributed by atoms with van der Waals surface area (Å²) in [6, 6.07) is 4.58. The van der Waals surface area contributed by atoms with Gasteiger partial charge in [-0.1, -0.05) is 6.07 Å². The van der Waals surface area contributed by atoms with Crippen molar-refractivity contribution in [2.45, 2.75) is 12.5 Å². The highest BCUT2D eigenvalue weighted by molar-refractivity contribution is 5.92. The molecule has 1 atom stereocenters. The van der Waals surface area contributed by atoms with Gasteiger partial charge < -0.3 is 14.6 Å². The fourth-order valence-electron chi connectivity index (χ4n) is 1.85. The highest BCUT2D eigenvalue weighted by Crippen LogP contribution is 2.13. The summed E-state index contributed by atoms with van der Waals surface area (Å²) in [7, 11) is 1.64. The molecule has 0 saturated carbocycles. The summed E-state index contributed by atoms with van der Waals surface area (Å²) in [6.45, 7) is 1.26. The number of hydrogen-bond acceptors (Lipinski definition) is 3. The molecule has 1 N–H and O–H groups in total. The highest BCUT2D eigenvalue weighted by atomic mass is 16.5. The molecule has 0 bridgehead atoms. The molecule has 1 unspecified atom stereocenters. The third-order valence-corrected chi connectivity index (χ3v) is 2.76. The van der Waals surface area contributed by atoms with Crippen molar-refractivity contribution in [3.05, 3.63) is 34.2 Å². The Balaban J connectivity index is 2.11. The van der Waals surface area contributed by atoms with Crippen molar-refractivity contribution in [3.8, 4) is 0 Å². The SMILES string of the molecule is COC1CCN(C(=O)c2cccc(=O)[nH]2)C1. The van der Waals surface area contributed by atoms with Gasteiger partial charge in [-0.05, 0) is 12.5 Å². The van der Waals surface area contributed by atoms with Crippen LogP contribution >= 0.6 is 0 Å². The summed E-state index contributed by atoms with van der Waals surface area (Å²) in [5, 5.41) is 0. The van der Waals surface area contributed by atoms with E-state index in [2.05, 4.69) is 4.98 Å². The van der Waals surface area contributed by atoms with Crippen molar-refractivity contribution in [1.29, 1.82) is 0 Å². The van der Waals surface area contributed by atoms with E-state index >= 15 is 0 Å². The molecular formula is C11H14N2O3. The van der Waals surface area contributed by atoms with Gasteiger partial charge >= 0.3 is 0 Å². The fraction of sp³-hybridized carbons (Fsp3) is 0.455. The second-order valence-electron chi connectivity index (χ2n) is 3.83. The summed E-state index contributed by atoms with van der Waals surface area (Å²) in [4.78, 5) is 27.3. The molecule has 0 aromatic carbocycles. The van der Waals surface area contributed by atoms with Crippen LogP contribution in [0.4, 0.5) is 0 Å². The van der Waals surface area contributed by atoms with Crippen molar-refractivity contribution >= 4 is 5.91 Å². The van der Waals surface area contributed by atoms with Crippen molar-refractivity contribution in [2.24, 2.45) is 0 Å². The first kappa shape index (κ1) is 10.9. The molecule has 1 aromatic rings. The molecule has 2 rings (SSSR count). The van der Waals surface area contributed by atoms with Crippen LogP contribution in [0.1, 0.15) is 16.9 Å². The van der Waals surface area contributed by atoms with Crippen LogP contribution in [0, 0.1) is 0 Å². The molecule has 0 radical (unpaired) electrons. The standard InChI is InChI=1S/C11H14N2O3/c1-16-8-5-6-13(7-8)11(15)9-3-2-4-10(14)12-9/h2-4,8H,5-7H2,1H3,(H,12,14). The van der Waals surface area contributed by atoms with Gasteiger partial charge in [-0.15, -0.1) is 0 Å².